The Hall–Kier alpha value is -3.63. The maximum atomic E-state index is 13.2. The molecule has 2 aromatic rings. The maximum absolute atomic E-state index is 13.2. The van der Waals surface area contributed by atoms with Gasteiger partial charge < -0.3 is 30.1 Å². The van der Waals surface area contributed by atoms with E-state index in [0.717, 1.165) is 18.5 Å². The van der Waals surface area contributed by atoms with Gasteiger partial charge in [-0.15, -0.1) is 0 Å². The lowest BCUT2D eigenvalue weighted by Crippen LogP contribution is -2.45. The van der Waals surface area contributed by atoms with Gasteiger partial charge in [-0.05, 0) is 68.8 Å². The SMILES string of the molecule is CC(C)[C@@H](C)N(CCNCCc1ccc(O)c2c1OCC(=O)N2)C(=O)CCOCCc1cccc(C2C=NN(C(C)C)C2)c1. The van der Waals surface area contributed by atoms with E-state index in [9.17, 15) is 14.7 Å². The van der Waals surface area contributed by atoms with E-state index in [2.05, 4.69) is 79.6 Å². The number of anilines is 1. The van der Waals surface area contributed by atoms with Crippen molar-refractivity contribution in [3.63, 3.8) is 0 Å². The number of aromatic hydroxyl groups is 1. The minimum Gasteiger partial charge on any atom is -0.506 e. The summed E-state index contributed by atoms with van der Waals surface area (Å²) in [5, 5.41) is 22.8. The largest absolute Gasteiger partial charge is 0.506 e. The van der Waals surface area contributed by atoms with Crippen LogP contribution in [0, 0.1) is 5.92 Å². The molecule has 240 valence electrons. The molecule has 0 radical (unpaired) electrons. The van der Waals surface area contributed by atoms with Crippen molar-refractivity contribution in [2.45, 2.75) is 71.9 Å². The fraction of sp³-hybridized carbons (Fsp3) is 0.559. The first-order valence-corrected chi connectivity index (χ1v) is 15.9. The zero-order chi connectivity index (χ0) is 31.6. The third-order valence-corrected chi connectivity index (χ3v) is 8.46. The third-order valence-electron chi connectivity index (χ3n) is 8.46. The number of hydrazone groups is 1. The van der Waals surface area contributed by atoms with Crippen molar-refractivity contribution in [3.8, 4) is 11.5 Å². The number of hydrogen-bond acceptors (Lipinski definition) is 8. The topological polar surface area (TPSA) is 116 Å². The van der Waals surface area contributed by atoms with E-state index in [4.69, 9.17) is 9.47 Å². The molecule has 2 aliphatic heterocycles. The highest BCUT2D eigenvalue weighted by Gasteiger charge is 2.24. The number of amides is 2. The van der Waals surface area contributed by atoms with Gasteiger partial charge >= 0.3 is 0 Å². The molecule has 0 aliphatic carbocycles. The zero-order valence-corrected chi connectivity index (χ0v) is 26.8. The maximum Gasteiger partial charge on any atom is 0.262 e. The molecule has 2 aliphatic rings. The number of fused-ring (bicyclic) bond motifs is 1. The summed E-state index contributed by atoms with van der Waals surface area (Å²) >= 11 is 0. The van der Waals surface area contributed by atoms with E-state index in [1.807, 2.05) is 17.2 Å². The van der Waals surface area contributed by atoms with Crippen LogP contribution in [-0.2, 0) is 27.2 Å². The van der Waals surface area contributed by atoms with Gasteiger partial charge in [-0.2, -0.15) is 5.10 Å². The van der Waals surface area contributed by atoms with Crippen LogP contribution in [0.1, 0.15) is 63.6 Å². The molecule has 1 unspecified atom stereocenters. The van der Waals surface area contributed by atoms with Gasteiger partial charge in [0.15, 0.2) is 12.4 Å². The van der Waals surface area contributed by atoms with Crippen LogP contribution in [0.2, 0.25) is 0 Å². The van der Waals surface area contributed by atoms with Crippen molar-refractivity contribution < 1.29 is 24.2 Å². The van der Waals surface area contributed by atoms with E-state index in [-0.39, 0.29) is 30.2 Å². The van der Waals surface area contributed by atoms with Crippen molar-refractivity contribution in [1.29, 1.82) is 0 Å². The molecule has 0 saturated heterocycles. The highest BCUT2D eigenvalue weighted by molar-refractivity contribution is 5.97. The fourth-order valence-electron chi connectivity index (χ4n) is 5.45. The molecule has 0 saturated carbocycles. The first-order valence-electron chi connectivity index (χ1n) is 15.9. The van der Waals surface area contributed by atoms with E-state index >= 15 is 0 Å². The number of phenols is 1. The zero-order valence-electron chi connectivity index (χ0n) is 26.8. The standard InChI is InChI=1S/C34H49N5O5/c1-23(2)25(5)38(16-15-35-14-11-27-9-10-30(40)33-34(27)44-22-31(41)37-33)32(42)13-18-43-17-12-26-7-6-8-28(19-26)29-20-36-39(21-29)24(3)4/h6-10,19-20,23-25,29,35,40H,11-18,21-22H2,1-5H3,(H,37,41)/t25-,29?/m1/s1. The van der Waals surface area contributed by atoms with Gasteiger partial charge in [-0.3, -0.25) is 14.6 Å². The van der Waals surface area contributed by atoms with Crippen LogP contribution in [0.5, 0.6) is 11.5 Å². The molecular weight excluding hydrogens is 558 g/mol. The highest BCUT2D eigenvalue weighted by atomic mass is 16.5. The lowest BCUT2D eigenvalue weighted by molar-refractivity contribution is -0.135. The molecule has 10 heteroatoms. The molecule has 10 nitrogen and oxygen atoms in total. The first-order chi connectivity index (χ1) is 21.1. The number of ether oxygens (including phenoxy) is 2. The number of carbonyl (C=O) groups is 2. The number of carbonyl (C=O) groups excluding carboxylic acids is 2. The number of nitrogens with zero attached hydrogens (tertiary/aromatic N) is 3. The Bertz CT molecular complexity index is 1300. The minimum absolute atomic E-state index is 0.00664. The van der Waals surface area contributed by atoms with Gasteiger partial charge in [-0.1, -0.05) is 44.2 Å². The Balaban J connectivity index is 1.18. The molecule has 2 amide bonds. The first kappa shape index (κ1) is 33.3. The van der Waals surface area contributed by atoms with Crippen molar-refractivity contribution in [2.24, 2.45) is 11.0 Å². The monoisotopic (exact) mass is 607 g/mol. The van der Waals surface area contributed by atoms with E-state index in [1.165, 1.54) is 11.1 Å². The molecule has 44 heavy (non-hydrogen) atoms. The van der Waals surface area contributed by atoms with Gasteiger partial charge in [0.1, 0.15) is 11.4 Å². The van der Waals surface area contributed by atoms with Gasteiger partial charge in [0, 0.05) is 43.9 Å². The number of phenolic OH excluding ortho intramolecular Hbond substituents is 1. The van der Waals surface area contributed by atoms with Crippen LogP contribution in [0.4, 0.5) is 5.69 Å². The molecule has 0 fully saturated rings. The summed E-state index contributed by atoms with van der Waals surface area (Å²) in [6, 6.07) is 12.5. The van der Waals surface area contributed by atoms with Crippen molar-refractivity contribution in [2.75, 3.05) is 51.3 Å². The Kier molecular flexibility index (Phi) is 12.0. The fourth-order valence-corrected chi connectivity index (χ4v) is 5.45. The molecule has 2 atom stereocenters. The molecule has 0 spiro atoms. The molecule has 0 aromatic heterocycles. The smallest absolute Gasteiger partial charge is 0.262 e. The van der Waals surface area contributed by atoms with Gasteiger partial charge in [0.2, 0.25) is 5.91 Å². The van der Waals surface area contributed by atoms with Crippen LogP contribution in [0.3, 0.4) is 0 Å². The number of benzene rings is 2. The van der Waals surface area contributed by atoms with Crippen molar-refractivity contribution in [1.82, 2.24) is 15.2 Å². The molecular formula is C34H49N5O5. The second-order valence-corrected chi connectivity index (χ2v) is 12.3. The third kappa shape index (κ3) is 8.95. The van der Waals surface area contributed by atoms with Crippen molar-refractivity contribution >= 4 is 23.7 Å². The van der Waals surface area contributed by atoms with Crippen LogP contribution in [0.15, 0.2) is 41.5 Å². The summed E-state index contributed by atoms with van der Waals surface area (Å²) in [4.78, 5) is 26.8. The predicted octanol–water partition coefficient (Wildman–Crippen LogP) is 4.17. The molecule has 2 heterocycles. The number of rotatable bonds is 16. The Morgan fingerprint density at radius 3 is 2.73 bits per heavy atom. The Labute approximate surface area is 261 Å². The van der Waals surface area contributed by atoms with E-state index in [0.29, 0.717) is 75.0 Å². The minimum atomic E-state index is -0.281. The lowest BCUT2D eigenvalue weighted by atomic mass is 9.98. The molecule has 0 bridgehead atoms. The Morgan fingerprint density at radius 1 is 1.16 bits per heavy atom. The quantitative estimate of drug-likeness (QED) is 0.194. The van der Waals surface area contributed by atoms with Gasteiger partial charge in [0.25, 0.3) is 5.91 Å². The van der Waals surface area contributed by atoms with Crippen molar-refractivity contribution in [3.05, 3.63) is 53.1 Å². The average molecular weight is 608 g/mol. The lowest BCUT2D eigenvalue weighted by Gasteiger charge is -2.32. The van der Waals surface area contributed by atoms with Crippen LogP contribution in [0.25, 0.3) is 0 Å². The van der Waals surface area contributed by atoms with Gasteiger partial charge in [-0.25, -0.2) is 0 Å². The summed E-state index contributed by atoms with van der Waals surface area (Å²) < 4.78 is 11.5. The van der Waals surface area contributed by atoms with E-state index in [1.54, 1.807) is 6.07 Å². The molecule has 3 N–H and O–H groups in total. The summed E-state index contributed by atoms with van der Waals surface area (Å²) in [7, 11) is 0. The van der Waals surface area contributed by atoms with Crippen LogP contribution in [-0.4, -0.2) is 91.1 Å². The number of nitrogens with one attached hydrogen (secondary N) is 2. The van der Waals surface area contributed by atoms with Gasteiger partial charge in [0.05, 0.1) is 19.6 Å². The summed E-state index contributed by atoms with van der Waals surface area (Å²) in [6.45, 7) is 14.4. The Morgan fingerprint density at radius 2 is 1.98 bits per heavy atom. The summed E-state index contributed by atoms with van der Waals surface area (Å²) in [6.07, 6.45) is 3.86. The molecule has 2 aromatic carbocycles. The van der Waals surface area contributed by atoms with Crippen LogP contribution < -0.4 is 15.4 Å². The van der Waals surface area contributed by atoms with E-state index < -0.39 is 0 Å². The number of hydrogen-bond donors (Lipinski definition) is 3. The second kappa shape index (κ2) is 15.9. The second-order valence-electron chi connectivity index (χ2n) is 12.3. The predicted molar refractivity (Wildman–Crippen MR) is 173 cm³/mol. The average Bonchev–Trinajstić information content (AvgIpc) is 3.51. The normalized spacial score (nSPS) is 16.7. The summed E-state index contributed by atoms with van der Waals surface area (Å²) in [5.41, 5.74) is 3.74. The highest BCUT2D eigenvalue weighted by Crippen LogP contribution is 2.39. The molecule has 4 rings (SSSR count). The summed E-state index contributed by atoms with van der Waals surface area (Å²) in [5.74, 6) is 0.979. The van der Waals surface area contributed by atoms with Crippen LogP contribution >= 0.6 is 0 Å².